The third-order valence-corrected chi connectivity index (χ3v) is 15.5. The molecule has 2 aromatic heterocycles. The first-order valence-corrected chi connectivity index (χ1v) is 27.9. The van der Waals surface area contributed by atoms with Crippen LogP contribution in [0.2, 0.25) is 0 Å². The van der Waals surface area contributed by atoms with E-state index in [4.69, 9.17) is 11.6 Å². The molecule has 0 bridgehead atoms. The number of aryl methyl sites for hydroxylation is 10. The van der Waals surface area contributed by atoms with Crippen molar-refractivity contribution in [1.29, 1.82) is 0 Å². The molecule has 11 aromatic rings. The molecule has 73 heavy (non-hydrogen) atoms. The molecule has 9 aromatic carbocycles. The molecule has 0 saturated carbocycles. The van der Waals surface area contributed by atoms with Crippen molar-refractivity contribution in [1.82, 2.24) is 9.13 Å². The Morgan fingerprint density at radius 2 is 0.699 bits per heavy atom. The highest BCUT2D eigenvalue weighted by Crippen LogP contribution is 2.40. The Hall–Kier alpha value is -6.37. The van der Waals surface area contributed by atoms with Gasteiger partial charge < -0.3 is 14.0 Å². The summed E-state index contributed by atoms with van der Waals surface area (Å²) in [7, 11) is 0. The first-order valence-electron chi connectivity index (χ1n) is 25.1. The van der Waals surface area contributed by atoms with E-state index in [1.807, 2.05) is 0 Å². The number of anilines is 3. The lowest BCUT2D eigenvalue weighted by Gasteiger charge is -2.29. The molecule has 0 spiro atoms. The molecule has 11 rings (SSSR count). The van der Waals surface area contributed by atoms with Gasteiger partial charge in [0.2, 0.25) is 0 Å². The fraction of sp³-hybridized carbons (Fsp3) is 0.194. The largest absolute Gasteiger partial charge is 0.310 e. The Bertz CT molecular complexity index is 3580. The van der Waals surface area contributed by atoms with E-state index in [1.54, 1.807) is 0 Å². The summed E-state index contributed by atoms with van der Waals surface area (Å²) >= 11 is 13.2. The molecular weight excluding hydrogens is 1040 g/mol. The molecule has 6 heteroatoms. The quantitative estimate of drug-likeness (QED) is 0.138. The number of aromatic nitrogens is 2. The van der Waals surface area contributed by atoms with Crippen LogP contribution in [0.5, 0.6) is 0 Å². The molecule has 0 saturated heterocycles. The lowest BCUT2D eigenvalue weighted by atomic mass is 10.0. The van der Waals surface area contributed by atoms with Crippen molar-refractivity contribution in [2.45, 2.75) is 85.8 Å². The van der Waals surface area contributed by atoms with Crippen LogP contribution in [0, 0.1) is 69.2 Å². The van der Waals surface area contributed by atoms with E-state index in [1.165, 1.54) is 144 Å². The van der Waals surface area contributed by atoms with Crippen LogP contribution in [-0.2, 0) is 16.5 Å². The Kier molecular flexibility index (Phi) is 15.5. The molecule has 0 N–H and O–H groups in total. The standard InChI is InChI=1S/C23H24BrN.C23H22ClN.C21H18BrN/c1-16-5-9-21(10-6-16)25(22-11-7-17(2)8-12-22)23-18(3)13-20(15-24)14-19(23)4;1-14-5-7-21-19(9-14)20-10-15(2)6-8-22(20)25(21)23-16(3)11-18(13-24)12-17(23)4;1-14-3-9-20-18(11-14)19-12-15(2)4-10-21(19)23(20)17-7-5-16(13-22)6-8-17/h5-14H,15H2,1-4H3;5-12H,13H2,1-4H3;3-12H,13H2,1-2H3. The summed E-state index contributed by atoms with van der Waals surface area (Å²) in [6, 6.07) is 62.1. The number of benzene rings is 9. The summed E-state index contributed by atoms with van der Waals surface area (Å²) in [5.41, 5.74) is 27.8. The number of fused-ring (bicyclic) bond motifs is 6. The van der Waals surface area contributed by atoms with Crippen molar-refractivity contribution in [3.8, 4) is 11.4 Å². The molecule has 0 fully saturated rings. The SMILES string of the molecule is Cc1ccc(N(c2ccc(C)cc2)c2c(C)cc(CBr)cc2C)cc1.Cc1ccc2c(c1)c1cc(C)ccc1n2-c1c(C)cc(CCl)cc1C.Cc1ccc2c(c1)c1cc(C)ccc1n2-c1ccc(CBr)cc1. The minimum absolute atomic E-state index is 0.549. The second-order valence-electron chi connectivity index (χ2n) is 20.0. The number of alkyl halides is 3. The lowest BCUT2D eigenvalue weighted by molar-refractivity contribution is 1.11. The highest BCUT2D eigenvalue weighted by atomic mass is 79.9. The summed E-state index contributed by atoms with van der Waals surface area (Å²) in [5.74, 6) is 0.549. The molecule has 0 aliphatic carbocycles. The van der Waals surface area contributed by atoms with Crippen LogP contribution in [0.4, 0.5) is 17.1 Å². The second-order valence-corrected chi connectivity index (χ2v) is 21.4. The first kappa shape index (κ1) is 51.5. The van der Waals surface area contributed by atoms with Gasteiger partial charge in [0.25, 0.3) is 0 Å². The van der Waals surface area contributed by atoms with Crippen molar-refractivity contribution < 1.29 is 0 Å². The molecule has 0 amide bonds. The molecule has 0 aliphatic rings. The van der Waals surface area contributed by atoms with Crippen LogP contribution in [0.15, 0.2) is 170 Å². The van der Waals surface area contributed by atoms with Gasteiger partial charge in [-0.25, -0.2) is 0 Å². The third kappa shape index (κ3) is 10.7. The van der Waals surface area contributed by atoms with E-state index < -0.39 is 0 Å². The molecule has 0 unspecified atom stereocenters. The van der Waals surface area contributed by atoms with E-state index in [2.05, 4.69) is 285 Å². The minimum atomic E-state index is 0.549. The highest BCUT2D eigenvalue weighted by molar-refractivity contribution is 9.08. The number of hydrogen-bond donors (Lipinski definition) is 0. The molecule has 0 aliphatic heterocycles. The van der Waals surface area contributed by atoms with Gasteiger partial charge in [-0.2, -0.15) is 0 Å². The van der Waals surface area contributed by atoms with Gasteiger partial charge in [0.1, 0.15) is 0 Å². The van der Waals surface area contributed by atoms with E-state index in [9.17, 15) is 0 Å². The maximum atomic E-state index is 6.07. The third-order valence-electron chi connectivity index (χ3n) is 13.9. The van der Waals surface area contributed by atoms with Crippen LogP contribution >= 0.6 is 43.5 Å². The number of nitrogens with zero attached hydrogens (tertiary/aromatic N) is 3. The van der Waals surface area contributed by atoms with Crippen LogP contribution < -0.4 is 4.90 Å². The topological polar surface area (TPSA) is 13.1 Å². The van der Waals surface area contributed by atoms with Gasteiger partial charge in [-0.15, -0.1) is 11.6 Å². The normalized spacial score (nSPS) is 11.2. The van der Waals surface area contributed by atoms with Crippen molar-refractivity contribution in [3.63, 3.8) is 0 Å². The van der Waals surface area contributed by atoms with E-state index >= 15 is 0 Å². The Labute approximate surface area is 454 Å². The van der Waals surface area contributed by atoms with Crippen LogP contribution in [0.1, 0.15) is 72.3 Å². The maximum Gasteiger partial charge on any atom is 0.0541 e. The zero-order valence-electron chi connectivity index (χ0n) is 43.8. The summed E-state index contributed by atoms with van der Waals surface area (Å²) in [4.78, 5) is 2.36. The van der Waals surface area contributed by atoms with Gasteiger partial charge in [-0.05, 0) is 193 Å². The van der Waals surface area contributed by atoms with Crippen molar-refractivity contribution in [2.24, 2.45) is 0 Å². The van der Waals surface area contributed by atoms with Gasteiger partial charge in [-0.1, -0.05) is 150 Å². The summed E-state index contributed by atoms with van der Waals surface area (Å²) in [6.07, 6.45) is 0. The smallest absolute Gasteiger partial charge is 0.0541 e. The van der Waals surface area contributed by atoms with Crippen molar-refractivity contribution in [2.75, 3.05) is 4.90 Å². The second kappa shape index (κ2) is 22.0. The van der Waals surface area contributed by atoms with E-state index in [-0.39, 0.29) is 0 Å². The van der Waals surface area contributed by atoms with Gasteiger partial charge in [0.15, 0.2) is 0 Å². The van der Waals surface area contributed by atoms with E-state index in [0.29, 0.717) is 5.88 Å². The number of halogens is 3. The summed E-state index contributed by atoms with van der Waals surface area (Å²) in [5, 5.41) is 7.06. The van der Waals surface area contributed by atoms with Crippen molar-refractivity contribution >= 4 is 104 Å². The van der Waals surface area contributed by atoms with Gasteiger partial charge in [0, 0.05) is 55.1 Å². The zero-order valence-corrected chi connectivity index (χ0v) is 47.7. The fourth-order valence-corrected chi connectivity index (χ4v) is 11.4. The molecule has 0 radical (unpaired) electrons. The van der Waals surface area contributed by atoms with Gasteiger partial charge in [0.05, 0.1) is 33.4 Å². The van der Waals surface area contributed by atoms with Crippen LogP contribution in [0.3, 0.4) is 0 Å². The lowest BCUT2D eigenvalue weighted by Crippen LogP contribution is -2.13. The van der Waals surface area contributed by atoms with Gasteiger partial charge >= 0.3 is 0 Å². The Morgan fingerprint density at radius 1 is 0.356 bits per heavy atom. The van der Waals surface area contributed by atoms with Crippen LogP contribution in [-0.4, -0.2) is 9.13 Å². The number of hydrogen-bond acceptors (Lipinski definition) is 1. The molecular formula is C67H64Br2ClN3. The average molecular weight is 1110 g/mol. The zero-order chi connectivity index (χ0) is 51.7. The van der Waals surface area contributed by atoms with Crippen molar-refractivity contribution in [3.05, 3.63) is 242 Å². The van der Waals surface area contributed by atoms with Crippen LogP contribution in [0.25, 0.3) is 55.0 Å². The monoisotopic (exact) mass is 1100 g/mol. The Balaban J connectivity index is 0.000000135. The van der Waals surface area contributed by atoms with E-state index in [0.717, 1.165) is 10.7 Å². The average Bonchev–Trinajstić information content (AvgIpc) is 3.86. The molecule has 2 heterocycles. The fourth-order valence-electron chi connectivity index (χ4n) is 10.5. The molecule has 0 atom stereocenters. The minimum Gasteiger partial charge on any atom is -0.310 e. The molecule has 3 nitrogen and oxygen atoms in total. The predicted octanol–water partition coefficient (Wildman–Crippen LogP) is 20.3. The molecule has 368 valence electrons. The predicted molar refractivity (Wildman–Crippen MR) is 325 cm³/mol. The number of rotatable bonds is 8. The van der Waals surface area contributed by atoms with Gasteiger partial charge in [-0.3, -0.25) is 0 Å². The summed E-state index contributed by atoms with van der Waals surface area (Å²) < 4.78 is 4.77. The first-order chi connectivity index (χ1) is 35.1. The highest BCUT2D eigenvalue weighted by Gasteiger charge is 2.19. The summed E-state index contributed by atoms with van der Waals surface area (Å²) in [6.45, 7) is 21.6. The maximum absolute atomic E-state index is 6.07. The Morgan fingerprint density at radius 3 is 1.05 bits per heavy atom.